The summed E-state index contributed by atoms with van der Waals surface area (Å²) < 4.78 is 11.4. The van der Waals surface area contributed by atoms with Crippen molar-refractivity contribution in [3.63, 3.8) is 0 Å². The van der Waals surface area contributed by atoms with Crippen LogP contribution in [0.4, 0.5) is 0 Å². The van der Waals surface area contributed by atoms with Crippen LogP contribution >= 0.6 is 15.9 Å². The minimum atomic E-state index is -1.15. The Morgan fingerprint density at radius 3 is 2.20 bits per heavy atom. The van der Waals surface area contributed by atoms with Crippen LogP contribution in [0.15, 0.2) is 46.9 Å². The molecule has 2 aromatic carbocycles. The lowest BCUT2D eigenvalue weighted by atomic mass is 9.87. The van der Waals surface area contributed by atoms with E-state index in [1.807, 2.05) is 36.4 Å². The van der Waals surface area contributed by atoms with E-state index in [9.17, 15) is 5.11 Å². The Kier molecular flexibility index (Phi) is 4.35. The van der Waals surface area contributed by atoms with Crippen LogP contribution in [0.25, 0.3) is 0 Å². The first kappa shape index (κ1) is 14.9. The van der Waals surface area contributed by atoms with E-state index in [0.29, 0.717) is 21.5 Å². The first-order valence-corrected chi connectivity index (χ1v) is 7.00. The van der Waals surface area contributed by atoms with Crippen LogP contribution in [0, 0.1) is 0 Å². The van der Waals surface area contributed by atoms with Gasteiger partial charge in [0.2, 0.25) is 0 Å². The monoisotopic (exact) mass is 336 g/mol. The Balaban J connectivity index is 2.60. The molecule has 1 unspecified atom stereocenters. The molecule has 0 amide bonds. The Labute approximate surface area is 127 Å². The van der Waals surface area contributed by atoms with Crippen LogP contribution in [-0.4, -0.2) is 19.3 Å². The van der Waals surface area contributed by atoms with E-state index in [-0.39, 0.29) is 0 Å². The summed E-state index contributed by atoms with van der Waals surface area (Å²) in [5.74, 6) is 1.23. The van der Waals surface area contributed by atoms with E-state index >= 15 is 0 Å². The van der Waals surface area contributed by atoms with Crippen molar-refractivity contribution in [2.75, 3.05) is 14.2 Å². The fourth-order valence-corrected chi connectivity index (χ4v) is 2.87. The third kappa shape index (κ3) is 2.53. The van der Waals surface area contributed by atoms with Gasteiger partial charge in [0.1, 0.15) is 21.6 Å². The molecule has 2 aromatic rings. The van der Waals surface area contributed by atoms with Gasteiger partial charge >= 0.3 is 0 Å². The summed E-state index contributed by atoms with van der Waals surface area (Å²) in [5.41, 5.74) is 0.329. The lowest BCUT2D eigenvalue weighted by Crippen LogP contribution is -2.23. The lowest BCUT2D eigenvalue weighted by molar-refractivity contribution is 0.0987. The summed E-state index contributed by atoms with van der Waals surface area (Å²) in [7, 11) is 3.17. The minimum Gasteiger partial charge on any atom is -0.495 e. The van der Waals surface area contributed by atoms with E-state index in [1.165, 1.54) is 0 Å². The van der Waals surface area contributed by atoms with Crippen molar-refractivity contribution in [2.45, 2.75) is 12.5 Å². The van der Waals surface area contributed by atoms with Crippen molar-refractivity contribution >= 4 is 15.9 Å². The largest absolute Gasteiger partial charge is 0.495 e. The first-order chi connectivity index (χ1) is 9.52. The molecule has 0 saturated carbocycles. The molecule has 0 aliphatic carbocycles. The van der Waals surface area contributed by atoms with Gasteiger partial charge in [-0.15, -0.1) is 0 Å². The maximum absolute atomic E-state index is 10.9. The molecule has 4 heteroatoms. The molecule has 20 heavy (non-hydrogen) atoms. The third-order valence-electron chi connectivity index (χ3n) is 3.35. The molecule has 0 radical (unpaired) electrons. The number of halogens is 1. The van der Waals surface area contributed by atoms with Gasteiger partial charge in [0, 0.05) is 5.56 Å². The summed E-state index contributed by atoms with van der Waals surface area (Å²) in [5, 5.41) is 10.9. The van der Waals surface area contributed by atoms with Gasteiger partial charge in [-0.2, -0.15) is 0 Å². The van der Waals surface area contributed by atoms with Gasteiger partial charge in [0.25, 0.3) is 0 Å². The molecule has 1 atom stereocenters. The first-order valence-electron chi connectivity index (χ1n) is 6.21. The van der Waals surface area contributed by atoms with Crippen molar-refractivity contribution in [3.05, 3.63) is 58.1 Å². The number of hydrogen-bond acceptors (Lipinski definition) is 3. The van der Waals surface area contributed by atoms with Crippen LogP contribution in [0.5, 0.6) is 11.5 Å². The van der Waals surface area contributed by atoms with E-state index in [2.05, 4.69) is 15.9 Å². The van der Waals surface area contributed by atoms with Crippen molar-refractivity contribution < 1.29 is 14.6 Å². The van der Waals surface area contributed by atoms with Crippen molar-refractivity contribution in [1.29, 1.82) is 0 Å². The zero-order chi connectivity index (χ0) is 14.8. The maximum atomic E-state index is 10.9. The Hall–Kier alpha value is -1.52. The summed E-state index contributed by atoms with van der Waals surface area (Å²) in [6.45, 7) is 1.75. The molecule has 0 spiro atoms. The Bertz CT molecular complexity index is 594. The van der Waals surface area contributed by atoms with Crippen LogP contribution in [0.2, 0.25) is 0 Å². The molecule has 0 aliphatic rings. The molecule has 2 rings (SSSR count). The summed E-state index contributed by atoms with van der Waals surface area (Å²) >= 11 is 3.46. The molecular formula is C16H17BrO3. The number of methoxy groups -OCH3 is 2. The van der Waals surface area contributed by atoms with Gasteiger partial charge in [-0.05, 0) is 40.5 Å². The predicted octanol–water partition coefficient (Wildman–Crippen LogP) is 3.72. The Morgan fingerprint density at radius 2 is 1.65 bits per heavy atom. The van der Waals surface area contributed by atoms with Gasteiger partial charge in [0.05, 0.1) is 14.2 Å². The second kappa shape index (κ2) is 5.85. The summed E-state index contributed by atoms with van der Waals surface area (Å²) in [6, 6.07) is 13.1. The van der Waals surface area contributed by atoms with Crippen molar-refractivity contribution in [3.8, 4) is 11.5 Å². The highest BCUT2D eigenvalue weighted by Gasteiger charge is 2.30. The SMILES string of the molecule is COc1ccc(C(C)(O)c2ccccc2)c(OC)c1Br. The van der Waals surface area contributed by atoms with E-state index < -0.39 is 5.60 Å². The smallest absolute Gasteiger partial charge is 0.143 e. The van der Waals surface area contributed by atoms with Crippen LogP contribution < -0.4 is 9.47 Å². The summed E-state index contributed by atoms with van der Waals surface area (Å²) in [4.78, 5) is 0. The highest BCUT2D eigenvalue weighted by atomic mass is 79.9. The van der Waals surface area contributed by atoms with Crippen LogP contribution in [0.3, 0.4) is 0 Å². The van der Waals surface area contributed by atoms with Crippen molar-refractivity contribution in [1.82, 2.24) is 0 Å². The third-order valence-corrected chi connectivity index (χ3v) is 4.10. The van der Waals surface area contributed by atoms with Gasteiger partial charge < -0.3 is 14.6 Å². The predicted molar refractivity (Wildman–Crippen MR) is 82.4 cm³/mol. The highest BCUT2D eigenvalue weighted by molar-refractivity contribution is 9.10. The van der Waals surface area contributed by atoms with E-state index in [1.54, 1.807) is 27.2 Å². The molecule has 106 valence electrons. The number of benzene rings is 2. The van der Waals surface area contributed by atoms with E-state index in [4.69, 9.17) is 9.47 Å². The molecule has 0 fully saturated rings. The lowest BCUT2D eigenvalue weighted by Gasteiger charge is -2.27. The molecule has 0 aliphatic heterocycles. The van der Waals surface area contributed by atoms with Gasteiger partial charge in [0.15, 0.2) is 0 Å². The van der Waals surface area contributed by atoms with Crippen LogP contribution in [0.1, 0.15) is 18.1 Å². The van der Waals surface area contributed by atoms with Crippen LogP contribution in [-0.2, 0) is 5.60 Å². The molecular weight excluding hydrogens is 320 g/mol. The maximum Gasteiger partial charge on any atom is 0.143 e. The zero-order valence-electron chi connectivity index (χ0n) is 11.7. The number of aliphatic hydroxyl groups is 1. The van der Waals surface area contributed by atoms with Gasteiger partial charge in [-0.25, -0.2) is 0 Å². The highest BCUT2D eigenvalue weighted by Crippen LogP contribution is 2.43. The van der Waals surface area contributed by atoms with Crippen molar-refractivity contribution in [2.24, 2.45) is 0 Å². The minimum absolute atomic E-state index is 0.568. The molecule has 1 N–H and O–H groups in total. The fraction of sp³-hybridized carbons (Fsp3) is 0.250. The molecule has 0 heterocycles. The number of hydrogen-bond donors (Lipinski definition) is 1. The normalized spacial score (nSPS) is 13.7. The second-order valence-corrected chi connectivity index (χ2v) is 5.39. The molecule has 0 saturated heterocycles. The average Bonchev–Trinajstić information content (AvgIpc) is 2.47. The summed E-state index contributed by atoms with van der Waals surface area (Å²) in [6.07, 6.45) is 0. The molecule has 0 aromatic heterocycles. The fourth-order valence-electron chi connectivity index (χ4n) is 2.20. The Morgan fingerprint density at radius 1 is 1.00 bits per heavy atom. The zero-order valence-corrected chi connectivity index (χ0v) is 13.3. The average molecular weight is 337 g/mol. The van der Waals surface area contributed by atoms with Gasteiger partial charge in [-0.1, -0.05) is 30.3 Å². The quantitative estimate of drug-likeness (QED) is 0.924. The topological polar surface area (TPSA) is 38.7 Å². The molecule has 0 bridgehead atoms. The standard InChI is InChI=1S/C16H17BrO3/c1-16(18,11-7-5-4-6-8-11)12-9-10-13(19-2)14(17)15(12)20-3/h4-10,18H,1-3H3. The second-order valence-electron chi connectivity index (χ2n) is 4.60. The molecule has 3 nitrogen and oxygen atoms in total. The number of ether oxygens (including phenoxy) is 2. The van der Waals surface area contributed by atoms with Gasteiger partial charge in [-0.3, -0.25) is 0 Å². The number of rotatable bonds is 4. The van der Waals surface area contributed by atoms with E-state index in [0.717, 1.165) is 5.56 Å².